The molecule has 0 fully saturated rings. The van der Waals surface area contributed by atoms with Gasteiger partial charge in [0, 0.05) is 13.1 Å². The van der Waals surface area contributed by atoms with Crippen LogP contribution in [0.4, 0.5) is 24.5 Å². The molecule has 0 aromatic heterocycles. The molecule has 1 aliphatic rings. The largest absolute Gasteiger partial charge is 0.418 e. The van der Waals surface area contributed by atoms with E-state index in [1.54, 1.807) is 6.07 Å². The SMILES string of the molecule is CCN1c2c(cccc2C(F)(F)F)NCC1(C)C. The Bertz CT molecular complexity index is 452. The zero-order valence-electron chi connectivity index (χ0n) is 10.7. The predicted molar refractivity (Wildman–Crippen MR) is 67.0 cm³/mol. The fraction of sp³-hybridized carbons (Fsp3) is 0.538. The molecule has 2 rings (SSSR count). The highest BCUT2D eigenvalue weighted by Gasteiger charge is 2.40. The normalized spacial score (nSPS) is 18.2. The average molecular weight is 258 g/mol. The van der Waals surface area contributed by atoms with E-state index in [0.717, 1.165) is 6.07 Å². The van der Waals surface area contributed by atoms with E-state index < -0.39 is 11.7 Å². The van der Waals surface area contributed by atoms with E-state index >= 15 is 0 Å². The van der Waals surface area contributed by atoms with Crippen LogP contribution < -0.4 is 10.2 Å². The van der Waals surface area contributed by atoms with E-state index in [1.165, 1.54) is 6.07 Å². The standard InChI is InChI=1S/C13H17F3N2/c1-4-18-11-9(13(14,15)16)6-5-7-10(11)17-8-12(18,2)3/h5-7,17H,4,8H2,1-3H3. The van der Waals surface area contributed by atoms with E-state index in [2.05, 4.69) is 5.32 Å². The first-order valence-electron chi connectivity index (χ1n) is 5.99. The van der Waals surface area contributed by atoms with Crippen molar-refractivity contribution in [2.45, 2.75) is 32.5 Å². The van der Waals surface area contributed by atoms with Crippen LogP contribution in [0.5, 0.6) is 0 Å². The van der Waals surface area contributed by atoms with Crippen molar-refractivity contribution in [2.75, 3.05) is 23.3 Å². The highest BCUT2D eigenvalue weighted by atomic mass is 19.4. The summed E-state index contributed by atoms with van der Waals surface area (Å²) < 4.78 is 39.2. The summed E-state index contributed by atoms with van der Waals surface area (Å²) in [6.07, 6.45) is -4.33. The van der Waals surface area contributed by atoms with Crippen LogP contribution >= 0.6 is 0 Å². The third kappa shape index (κ3) is 2.02. The molecule has 0 atom stereocenters. The third-order valence-electron chi connectivity index (χ3n) is 3.37. The lowest BCUT2D eigenvalue weighted by Gasteiger charge is -2.46. The number of likely N-dealkylation sites (N-methyl/N-ethyl adjacent to an activating group) is 1. The van der Waals surface area contributed by atoms with Crippen molar-refractivity contribution in [3.8, 4) is 0 Å². The lowest BCUT2D eigenvalue weighted by molar-refractivity contribution is -0.137. The number of nitrogens with one attached hydrogen (secondary N) is 1. The molecule has 0 unspecified atom stereocenters. The molecule has 1 heterocycles. The van der Waals surface area contributed by atoms with Gasteiger partial charge in [0.05, 0.1) is 22.5 Å². The van der Waals surface area contributed by atoms with Crippen LogP contribution in [0.3, 0.4) is 0 Å². The molecule has 0 bridgehead atoms. The minimum absolute atomic E-state index is 0.267. The number of hydrogen-bond acceptors (Lipinski definition) is 2. The van der Waals surface area contributed by atoms with E-state index in [1.807, 2.05) is 25.7 Å². The van der Waals surface area contributed by atoms with Crippen molar-refractivity contribution in [2.24, 2.45) is 0 Å². The summed E-state index contributed by atoms with van der Waals surface area (Å²) in [7, 11) is 0. The van der Waals surface area contributed by atoms with Crippen molar-refractivity contribution in [1.82, 2.24) is 0 Å². The summed E-state index contributed by atoms with van der Waals surface area (Å²) in [6, 6.07) is 4.29. The molecular formula is C13H17F3N2. The maximum atomic E-state index is 13.1. The molecule has 0 saturated heterocycles. The fourth-order valence-electron chi connectivity index (χ4n) is 2.50. The number of para-hydroxylation sites is 1. The summed E-state index contributed by atoms with van der Waals surface area (Å²) in [5, 5.41) is 3.09. The maximum absolute atomic E-state index is 13.1. The molecule has 0 saturated carbocycles. The van der Waals surface area contributed by atoms with Crippen LogP contribution in [0.2, 0.25) is 0 Å². The first-order valence-corrected chi connectivity index (χ1v) is 5.99. The fourth-order valence-corrected chi connectivity index (χ4v) is 2.50. The molecular weight excluding hydrogens is 241 g/mol. The molecule has 1 aromatic rings. The first-order chi connectivity index (χ1) is 8.27. The highest BCUT2D eigenvalue weighted by molar-refractivity contribution is 5.77. The Morgan fingerprint density at radius 2 is 2.00 bits per heavy atom. The van der Waals surface area contributed by atoms with Gasteiger partial charge in [0.2, 0.25) is 0 Å². The van der Waals surface area contributed by atoms with E-state index in [9.17, 15) is 13.2 Å². The smallest absolute Gasteiger partial charge is 0.381 e. The quantitative estimate of drug-likeness (QED) is 0.825. The third-order valence-corrected chi connectivity index (χ3v) is 3.37. The monoisotopic (exact) mass is 258 g/mol. The summed E-state index contributed by atoms with van der Waals surface area (Å²) >= 11 is 0. The van der Waals surface area contributed by atoms with Gasteiger partial charge in [-0.25, -0.2) is 0 Å². The molecule has 1 aromatic carbocycles. The zero-order valence-corrected chi connectivity index (χ0v) is 10.7. The molecule has 0 spiro atoms. The number of nitrogens with zero attached hydrogens (tertiary/aromatic N) is 1. The Kier molecular flexibility index (Phi) is 2.95. The number of rotatable bonds is 1. The summed E-state index contributed by atoms with van der Waals surface area (Å²) in [6.45, 7) is 6.95. The lowest BCUT2D eigenvalue weighted by atomic mass is 9.95. The van der Waals surface area contributed by atoms with Gasteiger partial charge in [0.15, 0.2) is 0 Å². The second-order valence-corrected chi connectivity index (χ2v) is 5.11. The van der Waals surface area contributed by atoms with Crippen molar-refractivity contribution in [3.63, 3.8) is 0 Å². The van der Waals surface area contributed by atoms with Gasteiger partial charge in [-0.05, 0) is 32.9 Å². The number of benzene rings is 1. The molecule has 0 radical (unpaired) electrons. The van der Waals surface area contributed by atoms with Crippen LogP contribution in [0.25, 0.3) is 0 Å². The summed E-state index contributed by atoms with van der Waals surface area (Å²) in [5.74, 6) is 0. The van der Waals surface area contributed by atoms with Gasteiger partial charge in [-0.15, -0.1) is 0 Å². The molecule has 100 valence electrons. The van der Waals surface area contributed by atoms with Crippen LogP contribution in [-0.2, 0) is 6.18 Å². The average Bonchev–Trinajstić information content (AvgIpc) is 2.26. The molecule has 18 heavy (non-hydrogen) atoms. The Balaban J connectivity index is 2.63. The number of alkyl halides is 3. The molecule has 1 N–H and O–H groups in total. The van der Waals surface area contributed by atoms with Gasteiger partial charge in [-0.1, -0.05) is 6.07 Å². The van der Waals surface area contributed by atoms with Gasteiger partial charge in [0.1, 0.15) is 0 Å². The van der Waals surface area contributed by atoms with Crippen LogP contribution in [-0.4, -0.2) is 18.6 Å². The second kappa shape index (κ2) is 4.07. The predicted octanol–water partition coefficient (Wildman–Crippen LogP) is 3.74. The van der Waals surface area contributed by atoms with Crippen molar-refractivity contribution < 1.29 is 13.2 Å². The lowest BCUT2D eigenvalue weighted by Crippen LogP contribution is -2.52. The van der Waals surface area contributed by atoms with Gasteiger partial charge >= 0.3 is 6.18 Å². The van der Waals surface area contributed by atoms with Gasteiger partial charge < -0.3 is 10.2 Å². The Morgan fingerprint density at radius 3 is 2.56 bits per heavy atom. The van der Waals surface area contributed by atoms with Crippen LogP contribution in [0, 0.1) is 0 Å². The van der Waals surface area contributed by atoms with Crippen molar-refractivity contribution in [3.05, 3.63) is 23.8 Å². The minimum atomic E-state index is -4.33. The number of halogens is 3. The van der Waals surface area contributed by atoms with Gasteiger partial charge in [-0.2, -0.15) is 13.2 Å². The topological polar surface area (TPSA) is 15.3 Å². The Hall–Kier alpha value is -1.39. The van der Waals surface area contributed by atoms with E-state index in [-0.39, 0.29) is 11.2 Å². The van der Waals surface area contributed by atoms with Crippen LogP contribution in [0.15, 0.2) is 18.2 Å². The van der Waals surface area contributed by atoms with Gasteiger partial charge in [-0.3, -0.25) is 0 Å². The zero-order chi connectivity index (χ0) is 13.6. The minimum Gasteiger partial charge on any atom is -0.381 e. The maximum Gasteiger partial charge on any atom is 0.418 e. The summed E-state index contributed by atoms with van der Waals surface area (Å²) in [5.41, 5.74) is -0.0693. The van der Waals surface area contributed by atoms with E-state index in [0.29, 0.717) is 18.8 Å². The number of fused-ring (bicyclic) bond motifs is 1. The highest BCUT2D eigenvalue weighted by Crippen LogP contribution is 2.45. The van der Waals surface area contributed by atoms with Crippen molar-refractivity contribution >= 4 is 11.4 Å². The molecule has 0 aliphatic carbocycles. The van der Waals surface area contributed by atoms with Crippen LogP contribution in [0.1, 0.15) is 26.3 Å². The Morgan fingerprint density at radius 1 is 1.33 bits per heavy atom. The molecule has 0 amide bonds. The molecule has 2 nitrogen and oxygen atoms in total. The van der Waals surface area contributed by atoms with Crippen molar-refractivity contribution in [1.29, 1.82) is 0 Å². The first kappa shape index (κ1) is 13.1. The summed E-state index contributed by atoms with van der Waals surface area (Å²) in [4.78, 5) is 1.82. The molecule has 5 heteroatoms. The molecule has 1 aliphatic heterocycles. The van der Waals surface area contributed by atoms with E-state index in [4.69, 9.17) is 0 Å². The second-order valence-electron chi connectivity index (χ2n) is 5.11. The number of hydrogen-bond donors (Lipinski definition) is 1. The Labute approximate surface area is 105 Å². The van der Waals surface area contributed by atoms with Gasteiger partial charge in [0.25, 0.3) is 0 Å². The number of anilines is 2.